The lowest BCUT2D eigenvalue weighted by atomic mass is 10.1. The van der Waals surface area contributed by atoms with Crippen LogP contribution in [0.1, 0.15) is 25.3 Å². The van der Waals surface area contributed by atoms with Crippen molar-refractivity contribution >= 4 is 22.7 Å². The molecular weight excluding hydrogens is 268 g/mol. The first kappa shape index (κ1) is 15.3. The van der Waals surface area contributed by atoms with Gasteiger partial charge in [0.25, 0.3) is 0 Å². The molecule has 2 rings (SSSR count). The van der Waals surface area contributed by atoms with Crippen molar-refractivity contribution < 1.29 is 5.11 Å². The molecule has 0 radical (unpaired) electrons. The highest BCUT2D eigenvalue weighted by Gasteiger charge is 2.07. The van der Waals surface area contributed by atoms with Crippen molar-refractivity contribution in [1.82, 2.24) is 10.3 Å². The van der Waals surface area contributed by atoms with Gasteiger partial charge in [-0.05, 0) is 37.1 Å². The largest absolute Gasteiger partial charge is 0.396 e. The molecule has 0 bridgehead atoms. The van der Waals surface area contributed by atoms with E-state index in [0.29, 0.717) is 0 Å². The van der Waals surface area contributed by atoms with Gasteiger partial charge in [0.15, 0.2) is 0 Å². The number of aliphatic hydroxyl groups excluding tert-OH is 1. The Morgan fingerprint density at radius 1 is 1.30 bits per heavy atom. The number of para-hydroxylation sites is 1. The lowest BCUT2D eigenvalue weighted by Crippen LogP contribution is -2.14. The average Bonchev–Trinajstić information content (AvgIpc) is 2.48. The van der Waals surface area contributed by atoms with Crippen molar-refractivity contribution in [2.45, 2.75) is 31.3 Å². The van der Waals surface area contributed by atoms with E-state index in [4.69, 9.17) is 10.1 Å². The molecule has 0 unspecified atom stereocenters. The second-order valence-corrected chi connectivity index (χ2v) is 5.83. The molecule has 0 amide bonds. The van der Waals surface area contributed by atoms with Gasteiger partial charge < -0.3 is 10.4 Å². The van der Waals surface area contributed by atoms with Gasteiger partial charge in [0.05, 0.1) is 5.52 Å². The minimum atomic E-state index is 0.240. The van der Waals surface area contributed by atoms with Crippen molar-refractivity contribution in [2.24, 2.45) is 0 Å². The molecule has 0 saturated heterocycles. The van der Waals surface area contributed by atoms with Gasteiger partial charge in [-0.15, -0.1) is 11.8 Å². The number of benzene rings is 1. The van der Waals surface area contributed by atoms with Crippen LogP contribution < -0.4 is 5.32 Å². The Kier molecular flexibility index (Phi) is 6.30. The van der Waals surface area contributed by atoms with Crippen LogP contribution >= 0.6 is 11.8 Å². The van der Waals surface area contributed by atoms with E-state index in [1.165, 1.54) is 10.9 Å². The summed E-state index contributed by atoms with van der Waals surface area (Å²) in [7, 11) is 0. The summed E-state index contributed by atoms with van der Waals surface area (Å²) < 4.78 is 0. The Labute approximate surface area is 124 Å². The summed E-state index contributed by atoms with van der Waals surface area (Å²) in [4.78, 5) is 4.77. The van der Waals surface area contributed by atoms with E-state index in [-0.39, 0.29) is 6.61 Å². The molecule has 0 aliphatic carbocycles. The quantitative estimate of drug-likeness (QED) is 0.579. The number of aliphatic hydroxyl groups is 1. The Balaban J connectivity index is 2.21. The average molecular weight is 290 g/mol. The third-order valence-electron chi connectivity index (χ3n) is 3.05. The van der Waals surface area contributed by atoms with Crippen molar-refractivity contribution in [3.8, 4) is 0 Å². The molecule has 1 aromatic carbocycles. The van der Waals surface area contributed by atoms with Crippen LogP contribution in [0.4, 0.5) is 0 Å². The second kappa shape index (κ2) is 8.25. The zero-order chi connectivity index (χ0) is 14.2. The van der Waals surface area contributed by atoms with Crippen LogP contribution in [0.3, 0.4) is 0 Å². The number of hydrogen-bond donors (Lipinski definition) is 2. The number of aromatic nitrogens is 1. The minimum Gasteiger partial charge on any atom is -0.396 e. The van der Waals surface area contributed by atoms with Crippen molar-refractivity contribution in [2.75, 3.05) is 18.9 Å². The summed E-state index contributed by atoms with van der Waals surface area (Å²) in [6, 6.07) is 10.5. The van der Waals surface area contributed by atoms with Crippen LogP contribution in [0.15, 0.2) is 35.4 Å². The summed E-state index contributed by atoms with van der Waals surface area (Å²) in [5, 5.41) is 14.6. The third kappa shape index (κ3) is 4.20. The summed E-state index contributed by atoms with van der Waals surface area (Å²) in [5.41, 5.74) is 2.29. The number of pyridine rings is 1. The van der Waals surface area contributed by atoms with Crippen LogP contribution in [-0.4, -0.2) is 29.0 Å². The molecule has 0 aliphatic rings. The van der Waals surface area contributed by atoms with Gasteiger partial charge in [-0.1, -0.05) is 25.1 Å². The number of rotatable bonds is 8. The predicted molar refractivity (Wildman–Crippen MR) is 86.2 cm³/mol. The molecule has 1 aromatic heterocycles. The van der Waals surface area contributed by atoms with Crippen molar-refractivity contribution in [3.63, 3.8) is 0 Å². The molecule has 4 heteroatoms. The van der Waals surface area contributed by atoms with Crippen LogP contribution in [0.25, 0.3) is 10.9 Å². The Hall–Kier alpha value is -1.10. The molecule has 20 heavy (non-hydrogen) atoms. The SMILES string of the molecule is CCCNCc1cc2ccccc2nc1SCCCO. The Morgan fingerprint density at radius 2 is 2.15 bits per heavy atom. The van der Waals surface area contributed by atoms with E-state index in [0.717, 1.165) is 42.2 Å². The standard InChI is InChI=1S/C16H22N2OS/c1-2-8-17-12-14-11-13-6-3-4-7-15(13)18-16(14)20-10-5-9-19/h3-4,6-7,11,17,19H,2,5,8-10,12H2,1H3. The number of thioether (sulfide) groups is 1. The predicted octanol–water partition coefficient (Wildman–Crippen LogP) is 3.21. The van der Waals surface area contributed by atoms with Crippen LogP contribution in [0.2, 0.25) is 0 Å². The number of fused-ring (bicyclic) bond motifs is 1. The molecule has 2 aromatic rings. The molecule has 0 saturated carbocycles. The van der Waals surface area contributed by atoms with Gasteiger partial charge in [0.1, 0.15) is 5.03 Å². The Bertz CT molecular complexity index is 496. The van der Waals surface area contributed by atoms with E-state index >= 15 is 0 Å². The summed E-state index contributed by atoms with van der Waals surface area (Å²) in [6.07, 6.45) is 1.94. The van der Waals surface area contributed by atoms with E-state index in [2.05, 4.69) is 30.4 Å². The first-order valence-electron chi connectivity index (χ1n) is 7.18. The van der Waals surface area contributed by atoms with E-state index in [9.17, 15) is 0 Å². The summed E-state index contributed by atoms with van der Waals surface area (Å²) in [6.45, 7) is 4.28. The van der Waals surface area contributed by atoms with Gasteiger partial charge in [0.2, 0.25) is 0 Å². The maximum Gasteiger partial charge on any atom is 0.101 e. The summed E-state index contributed by atoms with van der Waals surface area (Å²) in [5.74, 6) is 0.905. The molecule has 1 heterocycles. The first-order valence-corrected chi connectivity index (χ1v) is 8.16. The second-order valence-electron chi connectivity index (χ2n) is 4.75. The fraction of sp³-hybridized carbons (Fsp3) is 0.438. The zero-order valence-electron chi connectivity index (χ0n) is 11.9. The zero-order valence-corrected chi connectivity index (χ0v) is 12.7. The van der Waals surface area contributed by atoms with E-state index < -0.39 is 0 Å². The molecule has 0 atom stereocenters. The topological polar surface area (TPSA) is 45.2 Å². The lowest BCUT2D eigenvalue weighted by molar-refractivity contribution is 0.296. The maximum atomic E-state index is 8.91. The number of nitrogens with one attached hydrogen (secondary N) is 1. The maximum absolute atomic E-state index is 8.91. The van der Waals surface area contributed by atoms with Crippen molar-refractivity contribution in [3.05, 3.63) is 35.9 Å². The fourth-order valence-electron chi connectivity index (χ4n) is 2.03. The summed E-state index contributed by atoms with van der Waals surface area (Å²) >= 11 is 1.73. The highest BCUT2D eigenvalue weighted by atomic mass is 32.2. The van der Waals surface area contributed by atoms with Crippen molar-refractivity contribution in [1.29, 1.82) is 0 Å². The van der Waals surface area contributed by atoms with Crippen LogP contribution in [0.5, 0.6) is 0 Å². The minimum absolute atomic E-state index is 0.240. The molecule has 3 nitrogen and oxygen atoms in total. The number of hydrogen-bond acceptors (Lipinski definition) is 4. The smallest absolute Gasteiger partial charge is 0.101 e. The lowest BCUT2D eigenvalue weighted by Gasteiger charge is -2.11. The van der Waals surface area contributed by atoms with Gasteiger partial charge in [-0.2, -0.15) is 0 Å². The van der Waals surface area contributed by atoms with Gasteiger partial charge in [-0.3, -0.25) is 0 Å². The third-order valence-corrected chi connectivity index (χ3v) is 4.17. The monoisotopic (exact) mass is 290 g/mol. The molecule has 0 spiro atoms. The van der Waals surface area contributed by atoms with Crippen LogP contribution in [0, 0.1) is 0 Å². The molecular formula is C16H22N2OS. The van der Waals surface area contributed by atoms with Crippen LogP contribution in [-0.2, 0) is 6.54 Å². The first-order chi connectivity index (χ1) is 9.85. The highest BCUT2D eigenvalue weighted by Crippen LogP contribution is 2.25. The Morgan fingerprint density at radius 3 is 2.95 bits per heavy atom. The molecule has 0 aliphatic heterocycles. The fourth-order valence-corrected chi connectivity index (χ4v) is 2.97. The normalized spacial score (nSPS) is 11.1. The van der Waals surface area contributed by atoms with Gasteiger partial charge in [0, 0.05) is 24.3 Å². The van der Waals surface area contributed by atoms with E-state index in [1.54, 1.807) is 11.8 Å². The molecule has 2 N–H and O–H groups in total. The van der Waals surface area contributed by atoms with E-state index in [1.807, 2.05) is 12.1 Å². The highest BCUT2D eigenvalue weighted by molar-refractivity contribution is 7.99. The van der Waals surface area contributed by atoms with Gasteiger partial charge >= 0.3 is 0 Å². The van der Waals surface area contributed by atoms with Gasteiger partial charge in [-0.25, -0.2) is 4.98 Å². The number of nitrogens with zero attached hydrogens (tertiary/aromatic N) is 1. The molecule has 108 valence electrons. The molecule has 0 fully saturated rings.